The number of anilines is 3. The molecule has 0 aliphatic heterocycles. The number of nitrogens with zero attached hydrogens (tertiary/aromatic N) is 3. The van der Waals surface area contributed by atoms with Crippen molar-refractivity contribution in [2.45, 2.75) is 19.1 Å². The summed E-state index contributed by atoms with van der Waals surface area (Å²) in [6.45, 7) is 1.78. The van der Waals surface area contributed by atoms with E-state index in [-0.39, 0.29) is 21.5 Å². The van der Waals surface area contributed by atoms with Crippen LogP contribution in [0.4, 0.5) is 30.6 Å². The monoisotopic (exact) mass is 355 g/mol. The summed E-state index contributed by atoms with van der Waals surface area (Å²) >= 11 is 0. The minimum atomic E-state index is -4.37. The molecule has 25 heavy (non-hydrogen) atoms. The van der Waals surface area contributed by atoms with Gasteiger partial charge in [-0.25, -0.2) is 0 Å². The van der Waals surface area contributed by atoms with Crippen LogP contribution < -0.4 is 10.6 Å². The van der Waals surface area contributed by atoms with Crippen LogP contribution in [0, 0.1) is 0 Å². The van der Waals surface area contributed by atoms with Gasteiger partial charge in [-0.15, -0.1) is 5.10 Å². The zero-order valence-corrected chi connectivity index (χ0v) is 13.2. The van der Waals surface area contributed by atoms with Crippen molar-refractivity contribution in [2.24, 2.45) is 0 Å². The molecule has 1 atom stereocenters. The molecular weight excluding hydrogens is 335 g/mol. The van der Waals surface area contributed by atoms with Crippen LogP contribution in [0.1, 0.15) is 15.3 Å². The number of aromatic nitrogens is 3. The molecule has 9 heteroatoms. The summed E-state index contributed by atoms with van der Waals surface area (Å²) < 4.78 is 39.3. The lowest BCUT2D eigenvalue weighted by Gasteiger charge is -2.12. The second-order valence-corrected chi connectivity index (χ2v) is 5.54. The first-order valence-electron chi connectivity index (χ1n) is 7.54. The van der Waals surface area contributed by atoms with E-state index in [0.29, 0.717) is 17.2 Å². The SMILES string of the molecule is C[C@H](CO)Nc1cccc2nc(Nc3ccc(C(F)(F)F)cc3)nn12.[HH].[HH]. The van der Waals surface area contributed by atoms with Gasteiger partial charge in [0.2, 0.25) is 5.95 Å². The Morgan fingerprint density at radius 1 is 1.20 bits per heavy atom. The van der Waals surface area contributed by atoms with Gasteiger partial charge in [0.05, 0.1) is 12.2 Å². The molecule has 0 spiro atoms. The second kappa shape index (κ2) is 6.60. The van der Waals surface area contributed by atoms with Crippen LogP contribution in [0.25, 0.3) is 5.65 Å². The molecule has 0 saturated carbocycles. The lowest BCUT2D eigenvalue weighted by molar-refractivity contribution is -0.137. The number of hydrogen-bond donors (Lipinski definition) is 3. The van der Waals surface area contributed by atoms with Crippen molar-refractivity contribution in [3.8, 4) is 0 Å². The fourth-order valence-corrected chi connectivity index (χ4v) is 2.24. The third kappa shape index (κ3) is 3.82. The summed E-state index contributed by atoms with van der Waals surface area (Å²) in [7, 11) is 0. The largest absolute Gasteiger partial charge is 0.416 e. The first-order valence-corrected chi connectivity index (χ1v) is 7.54. The van der Waals surface area contributed by atoms with Gasteiger partial charge < -0.3 is 15.7 Å². The van der Waals surface area contributed by atoms with Crippen molar-refractivity contribution in [3.63, 3.8) is 0 Å². The zero-order chi connectivity index (χ0) is 18.0. The molecule has 1 aromatic carbocycles. The Balaban J connectivity index is 0.00000182. The summed E-state index contributed by atoms with van der Waals surface area (Å²) in [5.74, 6) is 0.901. The van der Waals surface area contributed by atoms with Gasteiger partial charge in [-0.05, 0) is 43.3 Å². The molecule has 136 valence electrons. The van der Waals surface area contributed by atoms with Gasteiger partial charge in [0.25, 0.3) is 0 Å². The number of aliphatic hydroxyl groups is 1. The summed E-state index contributed by atoms with van der Waals surface area (Å²) in [6, 6.07) is 9.79. The third-order valence-corrected chi connectivity index (χ3v) is 3.50. The minimum absolute atomic E-state index is 0. The Kier molecular flexibility index (Phi) is 4.49. The van der Waals surface area contributed by atoms with Crippen LogP contribution in [0.5, 0.6) is 0 Å². The third-order valence-electron chi connectivity index (χ3n) is 3.50. The highest BCUT2D eigenvalue weighted by Crippen LogP contribution is 2.30. The molecule has 3 aromatic rings. The summed E-state index contributed by atoms with van der Waals surface area (Å²) in [6.07, 6.45) is -4.37. The van der Waals surface area contributed by atoms with E-state index in [9.17, 15) is 13.2 Å². The Morgan fingerprint density at radius 3 is 2.56 bits per heavy atom. The molecule has 0 saturated heterocycles. The van der Waals surface area contributed by atoms with Gasteiger partial charge >= 0.3 is 6.18 Å². The van der Waals surface area contributed by atoms with Crippen molar-refractivity contribution >= 4 is 23.1 Å². The van der Waals surface area contributed by atoms with Crippen LogP contribution >= 0.6 is 0 Å². The standard InChI is InChI=1S/C16H16F3N5O.2H2/c1-10(9-25)20-13-3-2-4-14-22-15(23-24(13)14)21-12-7-5-11(6-8-12)16(17,18)19;;/h2-8,10,20,25H,9H2,1H3,(H,21,23);2*1H/t10-;;/m1../s1. The smallest absolute Gasteiger partial charge is 0.394 e. The Hall–Kier alpha value is -2.81. The molecule has 0 bridgehead atoms. The van der Waals surface area contributed by atoms with E-state index in [1.807, 2.05) is 6.92 Å². The fraction of sp³-hybridized carbons (Fsp3) is 0.250. The van der Waals surface area contributed by atoms with Crippen molar-refractivity contribution in [1.82, 2.24) is 14.6 Å². The van der Waals surface area contributed by atoms with E-state index in [0.717, 1.165) is 12.1 Å². The van der Waals surface area contributed by atoms with Crippen molar-refractivity contribution in [2.75, 3.05) is 17.2 Å². The molecule has 0 aliphatic rings. The summed E-state index contributed by atoms with van der Waals surface area (Å²) in [5, 5.41) is 19.4. The number of aliphatic hydroxyl groups excluding tert-OH is 1. The highest BCUT2D eigenvalue weighted by Gasteiger charge is 2.29. The minimum Gasteiger partial charge on any atom is -0.394 e. The zero-order valence-electron chi connectivity index (χ0n) is 13.2. The number of benzene rings is 1. The second-order valence-electron chi connectivity index (χ2n) is 5.54. The topological polar surface area (TPSA) is 74.5 Å². The van der Waals surface area contributed by atoms with E-state index < -0.39 is 11.7 Å². The van der Waals surface area contributed by atoms with Crippen molar-refractivity contribution in [3.05, 3.63) is 48.0 Å². The fourth-order valence-electron chi connectivity index (χ4n) is 2.24. The molecule has 0 aliphatic carbocycles. The normalized spacial score (nSPS) is 13.0. The Morgan fingerprint density at radius 2 is 1.92 bits per heavy atom. The molecule has 2 heterocycles. The number of halogens is 3. The molecule has 0 unspecified atom stereocenters. The number of nitrogens with one attached hydrogen (secondary N) is 2. The van der Waals surface area contributed by atoms with Crippen molar-refractivity contribution < 1.29 is 21.1 Å². The first kappa shape index (κ1) is 17.0. The van der Waals surface area contributed by atoms with E-state index in [1.54, 1.807) is 22.7 Å². The average molecular weight is 355 g/mol. The van der Waals surface area contributed by atoms with Crippen LogP contribution in [-0.4, -0.2) is 32.4 Å². The molecule has 0 radical (unpaired) electrons. The predicted octanol–water partition coefficient (Wildman–Crippen LogP) is 3.78. The van der Waals surface area contributed by atoms with Gasteiger partial charge in [-0.3, -0.25) is 0 Å². The first-order chi connectivity index (χ1) is 11.9. The quantitative estimate of drug-likeness (QED) is 0.650. The number of fused-ring (bicyclic) bond motifs is 1. The van der Waals surface area contributed by atoms with Gasteiger partial charge in [0.1, 0.15) is 5.82 Å². The molecule has 6 nitrogen and oxygen atoms in total. The maximum absolute atomic E-state index is 12.6. The lowest BCUT2D eigenvalue weighted by atomic mass is 10.2. The Labute approximate surface area is 144 Å². The number of hydrogen-bond acceptors (Lipinski definition) is 5. The van der Waals surface area contributed by atoms with Gasteiger partial charge in [0.15, 0.2) is 5.65 Å². The van der Waals surface area contributed by atoms with Crippen LogP contribution in [-0.2, 0) is 6.18 Å². The molecule has 2 aromatic heterocycles. The number of rotatable bonds is 5. The highest BCUT2D eigenvalue weighted by molar-refractivity contribution is 5.58. The van der Waals surface area contributed by atoms with Crippen LogP contribution in [0.3, 0.4) is 0 Å². The van der Waals surface area contributed by atoms with E-state index in [4.69, 9.17) is 5.11 Å². The van der Waals surface area contributed by atoms with Gasteiger partial charge in [-0.2, -0.15) is 22.7 Å². The molecule has 3 N–H and O–H groups in total. The summed E-state index contributed by atoms with van der Waals surface area (Å²) in [4.78, 5) is 4.29. The predicted molar refractivity (Wildman–Crippen MR) is 92.1 cm³/mol. The molecule has 0 amide bonds. The Bertz CT molecular complexity index is 871. The molecule has 3 rings (SSSR count). The van der Waals surface area contributed by atoms with Crippen molar-refractivity contribution in [1.29, 1.82) is 0 Å². The van der Waals surface area contributed by atoms with Gasteiger partial charge in [-0.1, -0.05) is 6.07 Å². The molecule has 0 fully saturated rings. The molecular formula is C16H20F3N5O. The maximum Gasteiger partial charge on any atom is 0.416 e. The number of alkyl halides is 3. The van der Waals surface area contributed by atoms with E-state index in [1.165, 1.54) is 12.1 Å². The van der Waals surface area contributed by atoms with Gasteiger partial charge in [0, 0.05) is 14.6 Å². The highest BCUT2D eigenvalue weighted by atomic mass is 19.4. The summed E-state index contributed by atoms with van der Waals surface area (Å²) in [5.41, 5.74) is 0.289. The van der Waals surface area contributed by atoms with Crippen LogP contribution in [0.2, 0.25) is 0 Å². The van der Waals surface area contributed by atoms with E-state index in [2.05, 4.69) is 20.7 Å². The maximum atomic E-state index is 12.6. The lowest BCUT2D eigenvalue weighted by Crippen LogP contribution is -2.21. The van der Waals surface area contributed by atoms with E-state index >= 15 is 0 Å². The number of pyridine rings is 1. The average Bonchev–Trinajstić information content (AvgIpc) is 2.98. The van der Waals surface area contributed by atoms with Crippen LogP contribution in [0.15, 0.2) is 42.5 Å².